The first-order chi connectivity index (χ1) is 28.6. The molecule has 308 valence electrons. The van der Waals surface area contributed by atoms with Crippen LogP contribution in [0.15, 0.2) is 77.9 Å². The maximum Gasteiger partial charge on any atom is 0.410 e. The first kappa shape index (κ1) is 38.8. The summed E-state index contributed by atoms with van der Waals surface area (Å²) in [6, 6.07) is 17.0. The number of carbonyl (C=O) groups is 3. The Morgan fingerprint density at radius 3 is 2.39 bits per heavy atom. The van der Waals surface area contributed by atoms with E-state index >= 15 is 4.39 Å². The van der Waals surface area contributed by atoms with Crippen molar-refractivity contribution in [1.29, 1.82) is 0 Å². The molecule has 2 aliphatic carbocycles. The monoisotopic (exact) mass is 806 g/mol. The van der Waals surface area contributed by atoms with Crippen molar-refractivity contribution in [3.63, 3.8) is 0 Å². The number of anilines is 2. The van der Waals surface area contributed by atoms with E-state index in [1.165, 1.54) is 16.7 Å². The van der Waals surface area contributed by atoms with Crippen LogP contribution in [0.2, 0.25) is 0 Å². The van der Waals surface area contributed by atoms with Crippen molar-refractivity contribution >= 4 is 29.5 Å². The van der Waals surface area contributed by atoms with Gasteiger partial charge in [0.25, 0.3) is 5.56 Å². The number of hydrogen-bond acceptors (Lipinski definition) is 10. The van der Waals surface area contributed by atoms with Crippen molar-refractivity contribution in [3.05, 3.63) is 101 Å². The van der Waals surface area contributed by atoms with Crippen LogP contribution >= 0.6 is 0 Å². The summed E-state index contributed by atoms with van der Waals surface area (Å²) in [6.07, 6.45) is 10.2. The molecule has 1 unspecified atom stereocenters. The largest absolute Gasteiger partial charge is 0.446 e. The van der Waals surface area contributed by atoms with E-state index in [1.807, 2.05) is 12.1 Å². The second-order valence-electron chi connectivity index (χ2n) is 16.9. The molecule has 5 fully saturated rings. The molecule has 3 saturated heterocycles. The van der Waals surface area contributed by atoms with Gasteiger partial charge in [-0.05, 0) is 118 Å². The van der Waals surface area contributed by atoms with Crippen molar-refractivity contribution in [2.24, 2.45) is 5.41 Å². The fraction of sp³-hybridized carbons (Fsp3) is 0.455. The Morgan fingerprint density at radius 2 is 1.64 bits per heavy atom. The highest BCUT2D eigenvalue weighted by Crippen LogP contribution is 2.58. The number of pyridine rings is 1. The molecule has 2 aromatic carbocycles. The molecule has 2 aromatic heterocycles. The van der Waals surface area contributed by atoms with Crippen molar-refractivity contribution in [2.45, 2.75) is 94.4 Å². The number of likely N-dealkylation sites (tertiary alicyclic amines) is 2. The molecular formula is C44H48F2N8O5. The number of aromatic nitrogens is 3. The van der Waals surface area contributed by atoms with Crippen molar-refractivity contribution in [3.8, 4) is 16.9 Å². The van der Waals surface area contributed by atoms with Crippen molar-refractivity contribution < 1.29 is 27.9 Å². The predicted octanol–water partition coefficient (Wildman–Crippen LogP) is 5.99. The number of ether oxygens (including phenoxy) is 1. The Labute approximate surface area is 340 Å². The van der Waals surface area contributed by atoms with Gasteiger partial charge in [-0.3, -0.25) is 24.3 Å². The summed E-state index contributed by atoms with van der Waals surface area (Å²) in [6.45, 7) is 2.90. The molecule has 5 heterocycles. The molecule has 5 aliphatic rings. The number of nitrogens with zero attached hydrogens (tertiary/aromatic N) is 5. The van der Waals surface area contributed by atoms with Gasteiger partial charge >= 0.3 is 6.09 Å². The normalized spacial score (nSPS) is 25.2. The predicted molar refractivity (Wildman–Crippen MR) is 216 cm³/mol. The van der Waals surface area contributed by atoms with Crippen LogP contribution in [0, 0.1) is 17.0 Å². The number of benzene rings is 2. The van der Waals surface area contributed by atoms with Crippen LogP contribution in [-0.2, 0) is 14.3 Å². The highest BCUT2D eigenvalue weighted by molar-refractivity contribution is 6.01. The fourth-order valence-corrected chi connectivity index (χ4v) is 9.77. The molecule has 0 bridgehead atoms. The van der Waals surface area contributed by atoms with E-state index in [9.17, 15) is 23.6 Å². The van der Waals surface area contributed by atoms with Gasteiger partial charge in [0.2, 0.25) is 17.8 Å². The summed E-state index contributed by atoms with van der Waals surface area (Å²) < 4.78 is 37.6. The van der Waals surface area contributed by atoms with Crippen molar-refractivity contribution in [2.75, 3.05) is 36.8 Å². The highest BCUT2D eigenvalue weighted by Gasteiger charge is 2.56. The molecular weight excluding hydrogens is 759 g/mol. The maximum atomic E-state index is 15.2. The summed E-state index contributed by atoms with van der Waals surface area (Å²) in [7, 11) is 0. The Morgan fingerprint density at radius 1 is 0.847 bits per heavy atom. The molecule has 0 radical (unpaired) electrons. The number of nitrogens with one attached hydrogen (secondary N) is 3. The first-order valence-corrected chi connectivity index (χ1v) is 20.7. The van der Waals surface area contributed by atoms with Gasteiger partial charge in [-0.2, -0.15) is 0 Å². The van der Waals surface area contributed by atoms with Crippen LogP contribution in [0.1, 0.15) is 75.7 Å². The molecule has 15 heteroatoms. The van der Waals surface area contributed by atoms with Crippen molar-refractivity contribution in [1.82, 2.24) is 29.7 Å². The lowest BCUT2D eigenvalue weighted by Gasteiger charge is -2.60. The second kappa shape index (κ2) is 16.2. The number of hydrogen-bond donors (Lipinski definition) is 3. The van der Waals surface area contributed by atoms with E-state index in [4.69, 9.17) is 4.74 Å². The Balaban J connectivity index is 0.691. The Bertz CT molecular complexity index is 2290. The lowest BCUT2D eigenvalue weighted by atomic mass is 9.52. The lowest BCUT2D eigenvalue weighted by molar-refractivity contribution is -0.133. The molecule has 3 aliphatic heterocycles. The average molecular weight is 807 g/mol. The molecule has 2 saturated carbocycles. The van der Waals surface area contributed by atoms with Crippen LogP contribution in [0.3, 0.4) is 0 Å². The van der Waals surface area contributed by atoms with Gasteiger partial charge in [0, 0.05) is 60.8 Å². The van der Waals surface area contributed by atoms with E-state index in [0.29, 0.717) is 66.8 Å². The standard InChI is InChI=1S/C44H48F2N8O5/c45-35-21-30(48-37-9-10-38(55)50-41(37)57)7-8-34(35)27-11-16-52(17-12-27)32-22-44(23-32)24-33(25-44)59-43(58)53-18-13-29(14-19-53)49-42-47-26-36(46)40(51-42)28-4-3-5-31(20-28)54-15-2-1-6-39(54)56/h1-8,15,20-21,26-27,29,32-33,37,48H,9-14,16-19,22-25H2,(H,47,49,51)(H,50,55,57). The topological polar surface area (TPSA) is 151 Å². The summed E-state index contributed by atoms with van der Waals surface area (Å²) in [4.78, 5) is 62.0. The molecule has 3 amide bonds. The van der Waals surface area contributed by atoms with Crippen LogP contribution in [0.25, 0.3) is 16.9 Å². The third kappa shape index (κ3) is 8.30. The molecule has 9 rings (SSSR count). The minimum absolute atomic E-state index is 0.00396. The molecule has 1 atom stereocenters. The second-order valence-corrected chi connectivity index (χ2v) is 16.9. The van der Waals surface area contributed by atoms with Gasteiger partial charge in [0.05, 0.1) is 6.20 Å². The lowest BCUT2D eigenvalue weighted by Crippen LogP contribution is -2.59. The number of piperidine rings is 3. The molecule has 1 spiro atoms. The minimum Gasteiger partial charge on any atom is -0.446 e. The van der Waals surface area contributed by atoms with E-state index in [-0.39, 0.29) is 64.9 Å². The zero-order valence-corrected chi connectivity index (χ0v) is 32.7. The summed E-state index contributed by atoms with van der Waals surface area (Å²) >= 11 is 0. The molecule has 59 heavy (non-hydrogen) atoms. The minimum atomic E-state index is -0.567. The smallest absolute Gasteiger partial charge is 0.410 e. The number of imide groups is 1. The maximum absolute atomic E-state index is 15.2. The third-order valence-corrected chi connectivity index (χ3v) is 13.0. The molecule has 4 aromatic rings. The zero-order chi connectivity index (χ0) is 40.7. The zero-order valence-electron chi connectivity index (χ0n) is 32.7. The quantitative estimate of drug-likeness (QED) is 0.172. The van der Waals surface area contributed by atoms with E-state index in [1.54, 1.807) is 47.5 Å². The summed E-state index contributed by atoms with van der Waals surface area (Å²) in [5.41, 5.74) is 2.57. The number of halogens is 2. The van der Waals surface area contributed by atoms with Crippen LogP contribution in [0.4, 0.5) is 25.2 Å². The molecule has 13 nitrogen and oxygen atoms in total. The van der Waals surface area contributed by atoms with E-state index in [0.717, 1.165) is 57.8 Å². The highest BCUT2D eigenvalue weighted by atomic mass is 19.1. The number of rotatable bonds is 9. The molecule has 3 N–H and O–H groups in total. The Hall–Kier alpha value is -5.70. The number of amides is 3. The van der Waals surface area contributed by atoms with E-state index in [2.05, 4.69) is 30.8 Å². The van der Waals surface area contributed by atoms with Crippen LogP contribution < -0.4 is 21.5 Å². The van der Waals surface area contributed by atoms with Gasteiger partial charge in [0.15, 0.2) is 5.82 Å². The van der Waals surface area contributed by atoms with Crippen LogP contribution in [-0.4, -0.2) is 92.7 Å². The SMILES string of the molecule is O=C1CCC(Nc2ccc(C3CCN(C4CC5(CC(OC(=O)N6CCC(Nc7ncc(F)c(-c8cccc(-n9ccccc9=O)c8)n7)CC6)C5)C4)CC3)c(F)c2)C(=O)N1. The van der Waals surface area contributed by atoms with Gasteiger partial charge in [0.1, 0.15) is 23.7 Å². The Kier molecular flexibility index (Phi) is 10.6. The van der Waals surface area contributed by atoms with Crippen LogP contribution in [0.5, 0.6) is 0 Å². The summed E-state index contributed by atoms with van der Waals surface area (Å²) in [5, 5.41) is 8.71. The first-order valence-electron chi connectivity index (χ1n) is 20.7. The van der Waals surface area contributed by atoms with Gasteiger partial charge in [-0.25, -0.2) is 23.5 Å². The summed E-state index contributed by atoms with van der Waals surface area (Å²) in [5.74, 6) is -1.05. The fourth-order valence-electron chi connectivity index (χ4n) is 9.77. The van der Waals surface area contributed by atoms with Gasteiger partial charge in [-0.15, -0.1) is 0 Å². The van der Waals surface area contributed by atoms with E-state index < -0.39 is 11.9 Å². The third-order valence-electron chi connectivity index (χ3n) is 13.0. The van der Waals surface area contributed by atoms with Gasteiger partial charge < -0.3 is 25.2 Å². The average Bonchev–Trinajstić information content (AvgIpc) is 3.21. The number of carbonyl (C=O) groups excluding carboxylic acids is 3. The van der Waals surface area contributed by atoms with Gasteiger partial charge in [-0.1, -0.05) is 24.3 Å².